The second-order valence-electron chi connectivity index (χ2n) is 12.7. The smallest absolute Gasteiger partial charge is 0.224 e. The van der Waals surface area contributed by atoms with Crippen molar-refractivity contribution in [2.24, 2.45) is 10.4 Å². The van der Waals surface area contributed by atoms with Gasteiger partial charge in [0.15, 0.2) is 11.5 Å². The first-order valence-corrected chi connectivity index (χ1v) is 16.7. The molecule has 2 aromatic rings. The average molecular weight is 589 g/mol. The molecule has 236 valence electrons. The lowest BCUT2D eigenvalue weighted by molar-refractivity contribution is -0.116. The van der Waals surface area contributed by atoms with Crippen LogP contribution in [0.4, 0.5) is 5.69 Å². The summed E-state index contributed by atoms with van der Waals surface area (Å²) in [6.07, 6.45) is 21.0. The van der Waals surface area contributed by atoms with Gasteiger partial charge in [-0.2, -0.15) is 0 Å². The van der Waals surface area contributed by atoms with Gasteiger partial charge in [0.25, 0.3) is 0 Å². The van der Waals surface area contributed by atoms with Crippen LogP contribution in [0.1, 0.15) is 116 Å². The summed E-state index contributed by atoms with van der Waals surface area (Å²) in [5, 5.41) is 0. The minimum Gasteiger partial charge on any atom is -0.493 e. The Bertz CT molecular complexity index is 1170. The molecule has 0 saturated heterocycles. The number of dihydropyridines is 1. The average Bonchev–Trinajstić information content (AvgIpc) is 2.98. The zero-order chi connectivity index (χ0) is 30.9. The number of carbonyl (C=O) groups is 1. The fraction of sp³-hybridized carbons (Fsp3) is 0.579. The third-order valence-electron chi connectivity index (χ3n) is 8.38. The van der Waals surface area contributed by atoms with Gasteiger partial charge in [0.2, 0.25) is 5.91 Å². The van der Waals surface area contributed by atoms with E-state index in [0.29, 0.717) is 13.2 Å². The minimum absolute atomic E-state index is 0.00895. The predicted molar refractivity (Wildman–Crippen MR) is 182 cm³/mol. The van der Waals surface area contributed by atoms with Crippen LogP contribution in [-0.4, -0.2) is 32.4 Å². The van der Waals surface area contributed by atoms with Gasteiger partial charge in [0, 0.05) is 30.8 Å². The summed E-state index contributed by atoms with van der Waals surface area (Å²) < 4.78 is 11.7. The third kappa shape index (κ3) is 12.2. The molecule has 0 bridgehead atoms. The van der Waals surface area contributed by atoms with Crippen LogP contribution in [-0.2, 0) is 17.8 Å². The molecule has 2 aromatic carbocycles. The number of aliphatic imine (C=N–C) groups is 1. The van der Waals surface area contributed by atoms with Gasteiger partial charge in [-0.25, -0.2) is 0 Å². The Labute approximate surface area is 261 Å². The van der Waals surface area contributed by atoms with E-state index < -0.39 is 0 Å². The van der Waals surface area contributed by atoms with Crippen LogP contribution >= 0.6 is 0 Å². The predicted octanol–water partition coefficient (Wildman–Crippen LogP) is 9.91. The van der Waals surface area contributed by atoms with E-state index in [1.54, 1.807) is 14.0 Å². The number of methoxy groups -OCH3 is 1. The number of anilines is 1. The highest BCUT2D eigenvalue weighted by atomic mass is 16.5. The van der Waals surface area contributed by atoms with Crippen molar-refractivity contribution in [1.82, 2.24) is 0 Å². The lowest BCUT2D eigenvalue weighted by Gasteiger charge is -2.28. The second-order valence-corrected chi connectivity index (χ2v) is 12.7. The molecule has 1 aliphatic heterocycles. The van der Waals surface area contributed by atoms with E-state index in [9.17, 15) is 4.79 Å². The summed E-state index contributed by atoms with van der Waals surface area (Å²) in [6.45, 7) is 10.2. The van der Waals surface area contributed by atoms with Crippen molar-refractivity contribution in [1.29, 1.82) is 0 Å². The summed E-state index contributed by atoms with van der Waals surface area (Å²) in [4.78, 5) is 19.0. The van der Waals surface area contributed by atoms with Gasteiger partial charge in [-0.05, 0) is 60.7 Å². The van der Waals surface area contributed by atoms with Crippen LogP contribution < -0.4 is 14.4 Å². The molecule has 1 amide bonds. The summed E-state index contributed by atoms with van der Waals surface area (Å²) in [6, 6.07) is 14.3. The number of ether oxygens (including phenoxy) is 2. The first-order valence-electron chi connectivity index (χ1n) is 16.7. The molecule has 5 nitrogen and oxygen atoms in total. The zero-order valence-electron chi connectivity index (χ0n) is 27.6. The Morgan fingerprint density at radius 2 is 1.47 bits per heavy atom. The van der Waals surface area contributed by atoms with Crippen molar-refractivity contribution in [3.63, 3.8) is 0 Å². The first-order chi connectivity index (χ1) is 20.8. The van der Waals surface area contributed by atoms with Crippen LogP contribution in [0.25, 0.3) is 0 Å². The van der Waals surface area contributed by atoms with E-state index in [0.717, 1.165) is 42.1 Å². The molecule has 3 rings (SSSR count). The summed E-state index contributed by atoms with van der Waals surface area (Å²) in [5.41, 5.74) is 4.38. The van der Waals surface area contributed by atoms with Gasteiger partial charge < -0.3 is 14.4 Å². The third-order valence-corrected chi connectivity index (χ3v) is 8.38. The molecule has 0 saturated carbocycles. The van der Waals surface area contributed by atoms with E-state index in [2.05, 4.69) is 56.1 Å². The van der Waals surface area contributed by atoms with Crippen molar-refractivity contribution in [2.45, 2.75) is 118 Å². The summed E-state index contributed by atoms with van der Waals surface area (Å²) >= 11 is 0. The van der Waals surface area contributed by atoms with Gasteiger partial charge >= 0.3 is 0 Å². The molecule has 1 aliphatic rings. The molecule has 0 radical (unpaired) electrons. The van der Waals surface area contributed by atoms with E-state index in [1.807, 2.05) is 29.3 Å². The number of allylic oxidation sites excluding steroid dienone is 1. The van der Waals surface area contributed by atoms with Crippen LogP contribution in [0.3, 0.4) is 0 Å². The highest BCUT2D eigenvalue weighted by molar-refractivity contribution is 5.91. The lowest BCUT2D eigenvalue weighted by Crippen LogP contribution is -2.28. The Kier molecular flexibility index (Phi) is 14.8. The quantitative estimate of drug-likeness (QED) is 0.145. The highest BCUT2D eigenvalue weighted by Crippen LogP contribution is 2.31. The van der Waals surface area contributed by atoms with Crippen molar-refractivity contribution >= 4 is 17.8 Å². The Balaban J connectivity index is 1.47. The van der Waals surface area contributed by atoms with Crippen molar-refractivity contribution in [2.75, 3.05) is 25.2 Å². The lowest BCUT2D eigenvalue weighted by atomic mass is 9.81. The highest BCUT2D eigenvalue weighted by Gasteiger charge is 2.24. The van der Waals surface area contributed by atoms with Crippen LogP contribution in [0, 0.1) is 5.41 Å². The minimum atomic E-state index is 0.00895. The van der Waals surface area contributed by atoms with E-state index in [4.69, 9.17) is 9.47 Å². The fourth-order valence-corrected chi connectivity index (χ4v) is 6.02. The van der Waals surface area contributed by atoms with Crippen LogP contribution in [0.15, 0.2) is 59.1 Å². The number of carbonyl (C=O) groups excluding carboxylic acids is 1. The number of rotatable bonds is 20. The molecule has 43 heavy (non-hydrogen) atoms. The molecule has 0 spiro atoms. The molecule has 5 heteroatoms. The number of hydrogen-bond acceptors (Lipinski definition) is 4. The number of nitrogens with zero attached hydrogens (tertiary/aromatic N) is 2. The first kappa shape index (κ1) is 34.4. The molecule has 0 N–H and O–H groups in total. The monoisotopic (exact) mass is 588 g/mol. The molecule has 0 aromatic heterocycles. The standard InChI is InChI=1S/C38H56N2O3/c1-6-7-8-9-10-11-12-13-14-15-16-17-24-43-37-25-34(20-23-36(37)42-5)29-40(32(3)41)35-21-18-33(19-22-35)27-38(4)26-31(2)28-39-30-38/h18-23,25-26,28H,6-17,24,27,29-30H2,1-5H3. The van der Waals surface area contributed by atoms with Crippen LogP contribution in [0.2, 0.25) is 0 Å². The Morgan fingerprint density at radius 3 is 2.05 bits per heavy atom. The number of benzene rings is 2. The maximum atomic E-state index is 12.7. The van der Waals surface area contributed by atoms with Crippen LogP contribution in [0.5, 0.6) is 11.5 Å². The number of amides is 1. The maximum absolute atomic E-state index is 12.7. The summed E-state index contributed by atoms with van der Waals surface area (Å²) in [7, 11) is 1.67. The maximum Gasteiger partial charge on any atom is 0.224 e. The molecule has 1 atom stereocenters. The van der Waals surface area contributed by atoms with Crippen molar-refractivity contribution < 1.29 is 14.3 Å². The normalized spacial score (nSPS) is 16.2. The topological polar surface area (TPSA) is 51.1 Å². The molecule has 1 unspecified atom stereocenters. The van der Waals surface area contributed by atoms with Crippen molar-refractivity contribution in [3.05, 3.63) is 65.2 Å². The number of unbranched alkanes of at least 4 members (excludes halogenated alkanes) is 11. The van der Waals surface area contributed by atoms with Gasteiger partial charge in [-0.1, -0.05) is 109 Å². The molecule has 0 fully saturated rings. The van der Waals surface area contributed by atoms with E-state index in [1.165, 1.54) is 81.8 Å². The molecule has 1 heterocycles. The Hall–Kier alpha value is -3.08. The largest absolute Gasteiger partial charge is 0.493 e. The SMILES string of the molecule is CCCCCCCCCCCCCCOc1cc(CN(C(C)=O)c2ccc(CC3(C)C=C(C)C=NC3)cc2)ccc1OC. The zero-order valence-corrected chi connectivity index (χ0v) is 27.6. The Morgan fingerprint density at radius 1 is 0.860 bits per heavy atom. The van der Waals surface area contributed by atoms with Gasteiger partial charge in [0.1, 0.15) is 0 Å². The van der Waals surface area contributed by atoms with Gasteiger partial charge in [0.05, 0.1) is 20.3 Å². The van der Waals surface area contributed by atoms with Crippen molar-refractivity contribution in [3.8, 4) is 11.5 Å². The fourth-order valence-electron chi connectivity index (χ4n) is 6.02. The molecule has 0 aliphatic carbocycles. The van der Waals surface area contributed by atoms with E-state index >= 15 is 0 Å². The van der Waals surface area contributed by atoms with E-state index in [-0.39, 0.29) is 11.3 Å². The summed E-state index contributed by atoms with van der Waals surface area (Å²) in [5.74, 6) is 1.48. The van der Waals surface area contributed by atoms with Gasteiger partial charge in [-0.3, -0.25) is 9.79 Å². The second kappa shape index (κ2) is 18.6. The number of hydrogen-bond donors (Lipinski definition) is 0. The molecular weight excluding hydrogens is 532 g/mol. The van der Waals surface area contributed by atoms with Gasteiger partial charge in [-0.15, -0.1) is 0 Å². The molecular formula is C38H56N2O3.